The number of benzene rings is 2. The summed E-state index contributed by atoms with van der Waals surface area (Å²) in [6.07, 6.45) is 0. The zero-order chi connectivity index (χ0) is 17.8. The van der Waals surface area contributed by atoms with Crippen molar-refractivity contribution >= 4 is 28.5 Å². The highest BCUT2D eigenvalue weighted by atomic mass is 16.5. The van der Waals surface area contributed by atoms with Gasteiger partial charge in [0.15, 0.2) is 0 Å². The number of nitrogens with one attached hydrogen (secondary N) is 2. The van der Waals surface area contributed by atoms with Gasteiger partial charge >= 0.3 is 5.97 Å². The van der Waals surface area contributed by atoms with Gasteiger partial charge in [0, 0.05) is 16.5 Å². The number of hydrogen-bond acceptors (Lipinski definition) is 4. The van der Waals surface area contributed by atoms with Crippen molar-refractivity contribution < 1.29 is 19.1 Å². The summed E-state index contributed by atoms with van der Waals surface area (Å²) in [4.78, 5) is 27.8. The van der Waals surface area contributed by atoms with Crippen LogP contribution in [-0.4, -0.2) is 30.6 Å². The van der Waals surface area contributed by atoms with Crippen molar-refractivity contribution in [2.75, 3.05) is 19.0 Å². The van der Waals surface area contributed by atoms with E-state index in [2.05, 4.69) is 10.3 Å². The van der Waals surface area contributed by atoms with E-state index >= 15 is 0 Å². The Bertz CT molecular complexity index is 913. The summed E-state index contributed by atoms with van der Waals surface area (Å²) >= 11 is 0. The van der Waals surface area contributed by atoms with Crippen LogP contribution < -0.4 is 10.1 Å². The number of methoxy groups -OCH3 is 1. The number of carbonyl (C=O) groups excluding carboxylic acids is 2. The van der Waals surface area contributed by atoms with Gasteiger partial charge in [0.05, 0.1) is 19.4 Å². The van der Waals surface area contributed by atoms with Crippen molar-refractivity contribution in [1.29, 1.82) is 0 Å². The van der Waals surface area contributed by atoms with Gasteiger partial charge < -0.3 is 19.8 Å². The minimum absolute atomic E-state index is 0.227. The molecule has 6 nitrogen and oxygen atoms in total. The quantitative estimate of drug-likeness (QED) is 0.697. The molecule has 2 aromatic carbocycles. The van der Waals surface area contributed by atoms with Crippen LogP contribution >= 0.6 is 0 Å². The average molecular weight is 338 g/mol. The number of amides is 1. The second-order valence-electron chi connectivity index (χ2n) is 5.32. The van der Waals surface area contributed by atoms with Crippen LogP contribution in [-0.2, 0) is 4.74 Å². The van der Waals surface area contributed by atoms with Crippen molar-refractivity contribution in [2.24, 2.45) is 0 Å². The zero-order valence-corrected chi connectivity index (χ0v) is 14.0. The van der Waals surface area contributed by atoms with E-state index < -0.39 is 5.97 Å². The molecular weight excluding hydrogens is 320 g/mol. The number of hydrogen-bond donors (Lipinski definition) is 2. The van der Waals surface area contributed by atoms with Crippen LogP contribution in [0.5, 0.6) is 5.75 Å². The molecule has 0 saturated carbocycles. The lowest BCUT2D eigenvalue weighted by atomic mass is 10.1. The highest BCUT2D eigenvalue weighted by Gasteiger charge is 2.21. The number of fused-ring (bicyclic) bond motifs is 1. The summed E-state index contributed by atoms with van der Waals surface area (Å²) in [5, 5.41) is 3.56. The van der Waals surface area contributed by atoms with Crippen LogP contribution in [0.4, 0.5) is 5.69 Å². The largest absolute Gasteiger partial charge is 0.497 e. The molecule has 0 bridgehead atoms. The van der Waals surface area contributed by atoms with Gasteiger partial charge in [-0.2, -0.15) is 0 Å². The van der Waals surface area contributed by atoms with Crippen molar-refractivity contribution in [3.05, 3.63) is 59.8 Å². The molecule has 0 aliphatic carbocycles. The molecule has 3 rings (SSSR count). The maximum atomic E-state index is 12.6. The molecule has 25 heavy (non-hydrogen) atoms. The molecular formula is C19H18N2O4. The fourth-order valence-electron chi connectivity index (χ4n) is 2.56. The number of aromatic amines is 1. The predicted octanol–water partition coefficient (Wildman–Crippen LogP) is 3.61. The lowest BCUT2D eigenvalue weighted by Crippen LogP contribution is -2.15. The fourth-order valence-corrected chi connectivity index (χ4v) is 2.56. The number of carbonyl (C=O) groups is 2. The van der Waals surface area contributed by atoms with E-state index in [1.54, 1.807) is 38.3 Å². The summed E-state index contributed by atoms with van der Waals surface area (Å²) in [7, 11) is 1.56. The third-order valence-electron chi connectivity index (χ3n) is 3.78. The van der Waals surface area contributed by atoms with E-state index in [-0.39, 0.29) is 18.2 Å². The zero-order valence-electron chi connectivity index (χ0n) is 14.0. The van der Waals surface area contributed by atoms with Crippen LogP contribution in [0.25, 0.3) is 10.9 Å². The fraction of sp³-hybridized carbons (Fsp3) is 0.158. The van der Waals surface area contributed by atoms with Gasteiger partial charge in [-0.15, -0.1) is 0 Å². The molecule has 0 aliphatic rings. The second kappa shape index (κ2) is 7.09. The van der Waals surface area contributed by atoms with E-state index in [0.29, 0.717) is 17.0 Å². The van der Waals surface area contributed by atoms with Crippen LogP contribution in [0.3, 0.4) is 0 Å². The molecule has 0 atom stereocenters. The highest BCUT2D eigenvalue weighted by Crippen LogP contribution is 2.29. The molecule has 128 valence electrons. The van der Waals surface area contributed by atoms with Crippen molar-refractivity contribution in [3.8, 4) is 5.75 Å². The first-order valence-corrected chi connectivity index (χ1v) is 7.87. The minimum Gasteiger partial charge on any atom is -0.497 e. The van der Waals surface area contributed by atoms with Gasteiger partial charge in [-0.1, -0.05) is 18.2 Å². The normalized spacial score (nSPS) is 10.5. The van der Waals surface area contributed by atoms with Crippen LogP contribution in [0, 0.1) is 0 Å². The first-order valence-electron chi connectivity index (χ1n) is 7.87. The molecule has 6 heteroatoms. The monoisotopic (exact) mass is 338 g/mol. The molecule has 1 heterocycles. The van der Waals surface area contributed by atoms with Gasteiger partial charge in [0.1, 0.15) is 11.4 Å². The molecule has 3 aromatic rings. The Hall–Kier alpha value is -3.28. The van der Waals surface area contributed by atoms with Crippen LogP contribution in [0.2, 0.25) is 0 Å². The summed E-state index contributed by atoms with van der Waals surface area (Å²) in [6, 6.07) is 14.1. The molecule has 0 spiro atoms. The molecule has 1 amide bonds. The minimum atomic E-state index is -0.510. The number of aromatic nitrogens is 1. The number of rotatable bonds is 5. The smallest absolute Gasteiger partial charge is 0.356 e. The van der Waals surface area contributed by atoms with Crippen LogP contribution in [0.15, 0.2) is 48.5 Å². The Kier molecular flexibility index (Phi) is 4.70. The number of esters is 1. The van der Waals surface area contributed by atoms with E-state index in [0.717, 1.165) is 10.9 Å². The standard InChI is InChI=1S/C19H18N2O4/c1-3-25-19(23)17-16(14-6-4-5-7-15(14)20-17)21-18(22)12-8-10-13(24-2)11-9-12/h4-11,20H,3H2,1-2H3,(H,21,22). The molecule has 0 aliphatic heterocycles. The maximum absolute atomic E-state index is 12.6. The molecule has 1 aromatic heterocycles. The van der Waals surface area contributed by atoms with E-state index in [9.17, 15) is 9.59 Å². The van der Waals surface area contributed by atoms with E-state index in [1.807, 2.05) is 24.3 Å². The van der Waals surface area contributed by atoms with Crippen molar-refractivity contribution in [3.63, 3.8) is 0 Å². The SMILES string of the molecule is CCOC(=O)c1[nH]c2ccccc2c1NC(=O)c1ccc(OC)cc1. The maximum Gasteiger partial charge on any atom is 0.356 e. The molecule has 2 N–H and O–H groups in total. The third kappa shape index (κ3) is 3.33. The molecule has 0 unspecified atom stereocenters. The van der Waals surface area contributed by atoms with Crippen LogP contribution in [0.1, 0.15) is 27.8 Å². The number of H-pyrrole nitrogens is 1. The number of anilines is 1. The van der Waals surface area contributed by atoms with E-state index in [4.69, 9.17) is 9.47 Å². The highest BCUT2D eigenvalue weighted by molar-refractivity contribution is 6.14. The predicted molar refractivity (Wildman–Crippen MR) is 95.2 cm³/mol. The molecule has 0 fully saturated rings. The lowest BCUT2D eigenvalue weighted by molar-refractivity contribution is 0.0522. The van der Waals surface area contributed by atoms with Gasteiger partial charge in [-0.3, -0.25) is 4.79 Å². The second-order valence-corrected chi connectivity index (χ2v) is 5.32. The Morgan fingerprint density at radius 2 is 1.80 bits per heavy atom. The number of para-hydroxylation sites is 1. The van der Waals surface area contributed by atoms with Crippen molar-refractivity contribution in [1.82, 2.24) is 4.98 Å². The lowest BCUT2D eigenvalue weighted by Gasteiger charge is -2.08. The van der Waals surface area contributed by atoms with Gasteiger partial charge in [-0.05, 0) is 37.3 Å². The summed E-state index contributed by atoms with van der Waals surface area (Å²) in [5.41, 5.74) is 1.84. The van der Waals surface area contributed by atoms with E-state index in [1.165, 1.54) is 0 Å². The average Bonchev–Trinajstić information content (AvgIpc) is 3.01. The molecule has 0 saturated heterocycles. The van der Waals surface area contributed by atoms with Crippen molar-refractivity contribution in [2.45, 2.75) is 6.92 Å². The summed E-state index contributed by atoms with van der Waals surface area (Å²) in [6.45, 7) is 1.98. The Morgan fingerprint density at radius 3 is 2.48 bits per heavy atom. The van der Waals surface area contributed by atoms with Gasteiger partial charge in [-0.25, -0.2) is 4.79 Å². The number of ether oxygens (including phenoxy) is 2. The first-order chi connectivity index (χ1) is 12.1. The molecule has 0 radical (unpaired) electrons. The summed E-state index contributed by atoms with van der Waals surface area (Å²) < 4.78 is 10.2. The Balaban J connectivity index is 1.97. The van der Waals surface area contributed by atoms with Gasteiger partial charge in [0.2, 0.25) is 0 Å². The van der Waals surface area contributed by atoms with Gasteiger partial charge in [0.25, 0.3) is 5.91 Å². The Morgan fingerprint density at radius 1 is 1.08 bits per heavy atom. The Labute approximate surface area is 144 Å². The topological polar surface area (TPSA) is 80.4 Å². The summed E-state index contributed by atoms with van der Waals surface area (Å²) in [5.74, 6) is -0.169. The third-order valence-corrected chi connectivity index (χ3v) is 3.78. The first kappa shape index (κ1) is 16.6.